The quantitative estimate of drug-likeness (QED) is 0.861. The molecule has 3 N–H and O–H groups in total. The Morgan fingerprint density at radius 2 is 1.96 bits per heavy atom. The minimum Gasteiger partial charge on any atom is -0.324 e. The summed E-state index contributed by atoms with van der Waals surface area (Å²) < 4.78 is 2.15. The molecule has 7 heteroatoms. The Morgan fingerprint density at radius 3 is 2.77 bits per heavy atom. The maximum atomic E-state index is 12.6. The van der Waals surface area contributed by atoms with Gasteiger partial charge in [0.25, 0.3) is 0 Å². The van der Waals surface area contributed by atoms with Gasteiger partial charge in [-0.2, -0.15) is 0 Å². The lowest BCUT2D eigenvalue weighted by atomic mass is 9.98. The minimum atomic E-state index is -0.758. The van der Waals surface area contributed by atoms with Crippen LogP contribution in [0.5, 0.6) is 0 Å². The predicted molar refractivity (Wildman–Crippen MR) is 102 cm³/mol. The van der Waals surface area contributed by atoms with Gasteiger partial charge in [0.1, 0.15) is 5.82 Å². The number of rotatable bonds is 3. The van der Waals surface area contributed by atoms with Gasteiger partial charge in [-0.05, 0) is 43.9 Å². The van der Waals surface area contributed by atoms with Gasteiger partial charge in [-0.15, -0.1) is 10.2 Å². The summed E-state index contributed by atoms with van der Waals surface area (Å²) in [5.41, 5.74) is 6.98. The highest BCUT2D eigenvalue weighted by Crippen LogP contribution is 2.33. The fraction of sp³-hybridized carbons (Fsp3) is 0.526. The molecule has 2 aromatic rings. The van der Waals surface area contributed by atoms with Gasteiger partial charge in [-0.1, -0.05) is 30.9 Å². The number of carbonyl (C=O) groups excluding carboxylic acids is 1. The topological polar surface area (TPSA) is 85.8 Å². The van der Waals surface area contributed by atoms with Crippen LogP contribution < -0.4 is 11.1 Å². The third-order valence-electron chi connectivity index (χ3n) is 5.52. The molecule has 4 rings (SSSR count). The molecule has 0 spiro atoms. The Labute approximate surface area is 158 Å². The predicted octanol–water partition coefficient (Wildman–Crippen LogP) is 3.53. The summed E-state index contributed by atoms with van der Waals surface area (Å²) in [7, 11) is 0. The highest BCUT2D eigenvalue weighted by molar-refractivity contribution is 6.33. The van der Waals surface area contributed by atoms with Crippen LogP contribution in [0.2, 0.25) is 5.02 Å². The number of fused-ring (bicyclic) bond motifs is 1. The van der Waals surface area contributed by atoms with Crippen LogP contribution >= 0.6 is 11.6 Å². The van der Waals surface area contributed by atoms with Crippen LogP contribution in [-0.4, -0.2) is 26.2 Å². The van der Waals surface area contributed by atoms with Crippen LogP contribution in [0, 0.1) is 0 Å². The number of carbonyl (C=O) groups is 1. The van der Waals surface area contributed by atoms with E-state index in [9.17, 15) is 4.79 Å². The molecule has 1 aliphatic carbocycles. The van der Waals surface area contributed by atoms with Crippen molar-refractivity contribution in [2.75, 3.05) is 5.32 Å². The summed E-state index contributed by atoms with van der Waals surface area (Å²) in [5.74, 6) is 1.66. The number of anilines is 1. The van der Waals surface area contributed by atoms with Crippen molar-refractivity contribution >= 4 is 23.2 Å². The Morgan fingerprint density at radius 1 is 1.15 bits per heavy atom. The van der Waals surface area contributed by atoms with Gasteiger partial charge in [0.2, 0.25) is 5.91 Å². The van der Waals surface area contributed by atoms with Crippen molar-refractivity contribution in [2.24, 2.45) is 5.73 Å². The van der Waals surface area contributed by atoms with Crippen molar-refractivity contribution < 1.29 is 4.79 Å². The van der Waals surface area contributed by atoms with E-state index in [-0.39, 0.29) is 5.91 Å². The molecular formula is C19H24ClN5O. The Bertz CT molecular complexity index is 825. The number of hydrogen-bond donors (Lipinski definition) is 2. The van der Waals surface area contributed by atoms with E-state index in [2.05, 4.69) is 20.1 Å². The van der Waals surface area contributed by atoms with Crippen LogP contribution in [0.4, 0.5) is 5.69 Å². The highest BCUT2D eigenvalue weighted by Gasteiger charge is 2.37. The molecule has 0 saturated heterocycles. The second kappa shape index (κ2) is 7.00. The number of halogens is 1. The molecule has 2 aliphatic rings. The fourth-order valence-corrected chi connectivity index (χ4v) is 4.15. The fourth-order valence-electron chi connectivity index (χ4n) is 3.95. The van der Waals surface area contributed by atoms with E-state index in [1.165, 1.54) is 6.42 Å². The SMILES string of the molecule is NC1(C(=O)Nc2ccc(Cl)c(-c3nnc4n3CCCCC4)c2)CCCC1. The van der Waals surface area contributed by atoms with Gasteiger partial charge >= 0.3 is 0 Å². The Balaban J connectivity index is 1.63. The molecule has 1 aliphatic heterocycles. The average molecular weight is 374 g/mol. The lowest BCUT2D eigenvalue weighted by Gasteiger charge is -2.22. The van der Waals surface area contributed by atoms with Gasteiger partial charge in [-0.3, -0.25) is 4.79 Å². The first-order valence-corrected chi connectivity index (χ1v) is 9.77. The lowest BCUT2D eigenvalue weighted by molar-refractivity contribution is -0.121. The number of nitrogens with zero attached hydrogens (tertiary/aromatic N) is 3. The number of hydrogen-bond acceptors (Lipinski definition) is 4. The van der Waals surface area contributed by atoms with Crippen molar-refractivity contribution in [1.29, 1.82) is 0 Å². The minimum absolute atomic E-state index is 0.122. The largest absolute Gasteiger partial charge is 0.324 e. The Hall–Kier alpha value is -1.92. The van der Waals surface area contributed by atoms with Crippen LogP contribution in [0.1, 0.15) is 50.8 Å². The second-order valence-electron chi connectivity index (χ2n) is 7.41. The summed E-state index contributed by atoms with van der Waals surface area (Å²) in [4.78, 5) is 12.6. The summed E-state index contributed by atoms with van der Waals surface area (Å²) in [6.07, 6.45) is 7.86. The molecule has 2 heterocycles. The highest BCUT2D eigenvalue weighted by atomic mass is 35.5. The summed E-state index contributed by atoms with van der Waals surface area (Å²) in [5, 5.41) is 12.3. The lowest BCUT2D eigenvalue weighted by Crippen LogP contribution is -2.48. The van der Waals surface area contributed by atoms with Crippen LogP contribution in [0.15, 0.2) is 18.2 Å². The van der Waals surface area contributed by atoms with Crippen LogP contribution in [-0.2, 0) is 17.8 Å². The average Bonchev–Trinajstić information content (AvgIpc) is 3.17. The van der Waals surface area contributed by atoms with Crippen LogP contribution in [0.25, 0.3) is 11.4 Å². The van der Waals surface area contributed by atoms with Gasteiger partial charge in [0.15, 0.2) is 5.82 Å². The van der Waals surface area contributed by atoms with E-state index in [4.69, 9.17) is 17.3 Å². The zero-order valence-corrected chi connectivity index (χ0v) is 15.6. The molecule has 6 nitrogen and oxygen atoms in total. The second-order valence-corrected chi connectivity index (χ2v) is 7.82. The van der Waals surface area contributed by atoms with Crippen molar-refractivity contribution in [3.63, 3.8) is 0 Å². The van der Waals surface area contributed by atoms with Crippen molar-refractivity contribution in [3.05, 3.63) is 29.0 Å². The smallest absolute Gasteiger partial charge is 0.244 e. The zero-order chi connectivity index (χ0) is 18.1. The third-order valence-corrected chi connectivity index (χ3v) is 5.85. The summed E-state index contributed by atoms with van der Waals surface area (Å²) in [6, 6.07) is 5.48. The maximum Gasteiger partial charge on any atom is 0.244 e. The third kappa shape index (κ3) is 3.23. The first-order valence-electron chi connectivity index (χ1n) is 9.39. The summed E-state index contributed by atoms with van der Waals surface area (Å²) in [6.45, 7) is 0.899. The molecule has 1 aromatic carbocycles. The van der Waals surface area contributed by atoms with Gasteiger partial charge in [-0.25, -0.2) is 0 Å². The van der Waals surface area contributed by atoms with Crippen molar-refractivity contribution in [1.82, 2.24) is 14.8 Å². The molecule has 1 fully saturated rings. The molecule has 1 saturated carbocycles. The molecule has 0 atom stereocenters. The van der Waals surface area contributed by atoms with E-state index < -0.39 is 5.54 Å². The zero-order valence-electron chi connectivity index (χ0n) is 14.8. The van der Waals surface area contributed by atoms with E-state index in [0.717, 1.165) is 68.7 Å². The number of aromatic nitrogens is 3. The van der Waals surface area contributed by atoms with Gasteiger partial charge in [0, 0.05) is 24.2 Å². The van der Waals surface area contributed by atoms with E-state index >= 15 is 0 Å². The molecule has 0 bridgehead atoms. The number of nitrogens with two attached hydrogens (primary N) is 1. The maximum absolute atomic E-state index is 12.6. The normalized spacial score (nSPS) is 19.0. The standard InChI is InChI=1S/C19H24ClN5O/c20-15-8-7-13(22-18(26)19(21)9-3-4-10-19)12-14(15)17-24-23-16-6-2-1-5-11-25(16)17/h7-8,12H,1-6,9-11,21H2,(H,22,26). The molecule has 26 heavy (non-hydrogen) atoms. The number of nitrogens with one attached hydrogen (secondary N) is 1. The van der Waals surface area contributed by atoms with E-state index in [1.807, 2.05) is 12.1 Å². The first-order chi connectivity index (χ1) is 12.6. The molecule has 1 aromatic heterocycles. The van der Waals surface area contributed by atoms with Gasteiger partial charge < -0.3 is 15.6 Å². The molecular weight excluding hydrogens is 350 g/mol. The first kappa shape index (κ1) is 17.5. The monoisotopic (exact) mass is 373 g/mol. The summed E-state index contributed by atoms with van der Waals surface area (Å²) >= 11 is 6.44. The van der Waals surface area contributed by atoms with Crippen molar-refractivity contribution in [2.45, 2.75) is 63.5 Å². The number of amides is 1. The number of aryl methyl sites for hydroxylation is 1. The van der Waals surface area contributed by atoms with Gasteiger partial charge in [0.05, 0.1) is 10.6 Å². The molecule has 138 valence electrons. The molecule has 1 amide bonds. The molecule has 0 unspecified atom stereocenters. The van der Waals surface area contributed by atoms with E-state index in [0.29, 0.717) is 10.7 Å². The molecule has 0 radical (unpaired) electrons. The van der Waals surface area contributed by atoms with Crippen LogP contribution in [0.3, 0.4) is 0 Å². The van der Waals surface area contributed by atoms with E-state index in [1.54, 1.807) is 6.07 Å². The number of benzene rings is 1. The Kier molecular flexibility index (Phi) is 4.71. The van der Waals surface area contributed by atoms with Crippen molar-refractivity contribution in [3.8, 4) is 11.4 Å².